The van der Waals surface area contributed by atoms with Crippen LogP contribution in [0.2, 0.25) is 0 Å². The molecule has 0 amide bonds. The molecule has 0 aromatic rings. The van der Waals surface area contributed by atoms with Gasteiger partial charge in [-0.1, -0.05) is 48.8 Å². The standard InChI is InChI=1S/C17H26/c1-4-15-10-6-5-9-13(2)17(15)14(3)16-11-7-8-12-16/h5,9-10,13,17H,4,6-8,11-12H2,1-3H3. The molecule has 2 aliphatic rings. The quantitative estimate of drug-likeness (QED) is 0.555. The van der Waals surface area contributed by atoms with Gasteiger partial charge in [-0.15, -0.1) is 0 Å². The molecular formula is C17H26. The third-order valence-corrected chi connectivity index (χ3v) is 4.52. The fraction of sp³-hybridized carbons (Fsp3) is 0.647. The van der Waals surface area contributed by atoms with Crippen LogP contribution in [0.5, 0.6) is 0 Å². The van der Waals surface area contributed by atoms with Crippen molar-refractivity contribution >= 4 is 0 Å². The Kier molecular flexibility index (Phi) is 4.25. The molecule has 0 bridgehead atoms. The van der Waals surface area contributed by atoms with Gasteiger partial charge in [0, 0.05) is 5.92 Å². The highest BCUT2D eigenvalue weighted by Gasteiger charge is 2.24. The largest absolute Gasteiger partial charge is 0.0845 e. The van der Waals surface area contributed by atoms with Gasteiger partial charge in [-0.25, -0.2) is 0 Å². The second kappa shape index (κ2) is 5.71. The number of rotatable bonds is 2. The van der Waals surface area contributed by atoms with E-state index >= 15 is 0 Å². The molecule has 2 aliphatic carbocycles. The van der Waals surface area contributed by atoms with Gasteiger partial charge in [0.2, 0.25) is 0 Å². The van der Waals surface area contributed by atoms with Crippen LogP contribution in [0.1, 0.15) is 59.3 Å². The van der Waals surface area contributed by atoms with Crippen LogP contribution in [0.3, 0.4) is 0 Å². The Morgan fingerprint density at radius 3 is 2.65 bits per heavy atom. The van der Waals surface area contributed by atoms with E-state index < -0.39 is 0 Å². The Morgan fingerprint density at radius 1 is 1.29 bits per heavy atom. The number of hydrogen-bond acceptors (Lipinski definition) is 0. The SMILES string of the molecule is CCC1=CCC=CC(C)C1C(C)=C1CCCC1. The van der Waals surface area contributed by atoms with Gasteiger partial charge >= 0.3 is 0 Å². The van der Waals surface area contributed by atoms with E-state index in [1.54, 1.807) is 16.7 Å². The third kappa shape index (κ3) is 2.73. The summed E-state index contributed by atoms with van der Waals surface area (Å²) >= 11 is 0. The van der Waals surface area contributed by atoms with Gasteiger partial charge in [0.15, 0.2) is 0 Å². The van der Waals surface area contributed by atoms with E-state index in [1.807, 2.05) is 0 Å². The molecule has 0 aromatic heterocycles. The molecule has 2 unspecified atom stereocenters. The molecule has 0 radical (unpaired) electrons. The normalized spacial score (nSPS) is 29.1. The minimum Gasteiger partial charge on any atom is -0.0845 e. The first-order chi connectivity index (χ1) is 8.24. The first kappa shape index (κ1) is 12.7. The Bertz CT molecular complexity index is 346. The monoisotopic (exact) mass is 230 g/mol. The molecule has 0 N–H and O–H groups in total. The third-order valence-electron chi connectivity index (χ3n) is 4.52. The van der Waals surface area contributed by atoms with Crippen molar-refractivity contribution in [1.82, 2.24) is 0 Å². The van der Waals surface area contributed by atoms with Crippen molar-refractivity contribution in [2.24, 2.45) is 11.8 Å². The molecule has 1 saturated carbocycles. The van der Waals surface area contributed by atoms with Crippen molar-refractivity contribution in [3.8, 4) is 0 Å². The van der Waals surface area contributed by atoms with Crippen LogP contribution < -0.4 is 0 Å². The van der Waals surface area contributed by atoms with Crippen molar-refractivity contribution in [1.29, 1.82) is 0 Å². The first-order valence-electron chi connectivity index (χ1n) is 7.28. The maximum atomic E-state index is 2.46. The molecule has 0 heterocycles. The number of hydrogen-bond donors (Lipinski definition) is 0. The van der Waals surface area contributed by atoms with Crippen molar-refractivity contribution in [3.63, 3.8) is 0 Å². The lowest BCUT2D eigenvalue weighted by molar-refractivity contribution is 0.537. The molecule has 0 heteroatoms. The molecular weight excluding hydrogens is 204 g/mol. The molecule has 2 rings (SSSR count). The van der Waals surface area contributed by atoms with E-state index in [2.05, 4.69) is 39.0 Å². The fourth-order valence-corrected chi connectivity index (χ4v) is 3.54. The summed E-state index contributed by atoms with van der Waals surface area (Å²) in [5, 5.41) is 0. The average molecular weight is 230 g/mol. The predicted molar refractivity (Wildman–Crippen MR) is 76.0 cm³/mol. The van der Waals surface area contributed by atoms with E-state index in [0.717, 1.165) is 6.42 Å². The van der Waals surface area contributed by atoms with E-state index in [0.29, 0.717) is 11.8 Å². The maximum Gasteiger partial charge on any atom is 0.00670 e. The molecule has 0 aromatic carbocycles. The lowest BCUT2D eigenvalue weighted by Crippen LogP contribution is -2.14. The zero-order chi connectivity index (χ0) is 12.3. The minimum atomic E-state index is 0.678. The van der Waals surface area contributed by atoms with Crippen LogP contribution in [-0.4, -0.2) is 0 Å². The maximum absolute atomic E-state index is 2.46. The molecule has 2 atom stereocenters. The van der Waals surface area contributed by atoms with Gasteiger partial charge in [-0.05, 0) is 51.4 Å². The van der Waals surface area contributed by atoms with Crippen molar-refractivity contribution in [2.45, 2.75) is 59.3 Å². The summed E-state index contributed by atoms with van der Waals surface area (Å²) in [7, 11) is 0. The van der Waals surface area contributed by atoms with Crippen LogP contribution >= 0.6 is 0 Å². The fourth-order valence-electron chi connectivity index (χ4n) is 3.54. The van der Waals surface area contributed by atoms with E-state index in [-0.39, 0.29) is 0 Å². The predicted octanol–water partition coefficient (Wildman–Crippen LogP) is 5.43. The van der Waals surface area contributed by atoms with Crippen molar-refractivity contribution < 1.29 is 0 Å². The van der Waals surface area contributed by atoms with Crippen LogP contribution in [0.25, 0.3) is 0 Å². The first-order valence-corrected chi connectivity index (χ1v) is 7.28. The van der Waals surface area contributed by atoms with Crippen LogP contribution in [-0.2, 0) is 0 Å². The topological polar surface area (TPSA) is 0 Å². The molecule has 0 nitrogen and oxygen atoms in total. The second-order valence-electron chi connectivity index (χ2n) is 5.63. The lowest BCUT2D eigenvalue weighted by atomic mass is 9.79. The van der Waals surface area contributed by atoms with Gasteiger partial charge in [0.05, 0.1) is 0 Å². The Hall–Kier alpha value is -0.780. The molecule has 94 valence electrons. The van der Waals surface area contributed by atoms with Crippen LogP contribution in [0.15, 0.2) is 34.9 Å². The van der Waals surface area contributed by atoms with Gasteiger partial charge in [0.25, 0.3) is 0 Å². The Balaban J connectivity index is 2.31. The van der Waals surface area contributed by atoms with Gasteiger partial charge in [-0.2, -0.15) is 0 Å². The van der Waals surface area contributed by atoms with Crippen LogP contribution in [0, 0.1) is 11.8 Å². The molecule has 0 spiro atoms. The molecule has 17 heavy (non-hydrogen) atoms. The smallest absolute Gasteiger partial charge is 0.00670 e. The van der Waals surface area contributed by atoms with Crippen molar-refractivity contribution in [2.75, 3.05) is 0 Å². The minimum absolute atomic E-state index is 0.678. The second-order valence-corrected chi connectivity index (χ2v) is 5.63. The van der Waals surface area contributed by atoms with Crippen LogP contribution in [0.4, 0.5) is 0 Å². The molecule has 1 fully saturated rings. The van der Waals surface area contributed by atoms with Gasteiger partial charge < -0.3 is 0 Å². The Morgan fingerprint density at radius 2 is 2.00 bits per heavy atom. The van der Waals surface area contributed by atoms with E-state index in [9.17, 15) is 0 Å². The van der Waals surface area contributed by atoms with E-state index in [1.165, 1.54) is 32.1 Å². The summed E-state index contributed by atoms with van der Waals surface area (Å²) in [6.07, 6.45) is 15.1. The Labute approximate surface area is 106 Å². The molecule has 0 aliphatic heterocycles. The number of allylic oxidation sites excluding steroid dienone is 6. The highest BCUT2D eigenvalue weighted by atomic mass is 14.3. The lowest BCUT2D eigenvalue weighted by Gasteiger charge is -2.26. The van der Waals surface area contributed by atoms with Gasteiger partial charge in [-0.3, -0.25) is 0 Å². The molecule has 0 saturated heterocycles. The summed E-state index contributed by atoms with van der Waals surface area (Å²) in [4.78, 5) is 0. The summed E-state index contributed by atoms with van der Waals surface area (Å²) in [5.74, 6) is 1.36. The highest BCUT2D eigenvalue weighted by Crippen LogP contribution is 2.38. The zero-order valence-corrected chi connectivity index (χ0v) is 11.6. The summed E-state index contributed by atoms with van der Waals surface area (Å²) < 4.78 is 0. The zero-order valence-electron chi connectivity index (χ0n) is 11.6. The average Bonchev–Trinajstić information content (AvgIpc) is 2.79. The van der Waals surface area contributed by atoms with Gasteiger partial charge in [0.1, 0.15) is 0 Å². The summed E-state index contributed by atoms with van der Waals surface area (Å²) in [6.45, 7) is 7.09. The summed E-state index contributed by atoms with van der Waals surface area (Å²) in [5.41, 5.74) is 5.12. The summed E-state index contributed by atoms with van der Waals surface area (Å²) in [6, 6.07) is 0. The van der Waals surface area contributed by atoms with E-state index in [4.69, 9.17) is 0 Å². The van der Waals surface area contributed by atoms with Crippen molar-refractivity contribution in [3.05, 3.63) is 34.9 Å². The highest BCUT2D eigenvalue weighted by molar-refractivity contribution is 5.30.